The number of aliphatic hydroxyl groups excluding tert-OH is 6. The predicted octanol–water partition coefficient (Wildman–Crippen LogP) is 2.86. The lowest BCUT2D eigenvalue weighted by Crippen LogP contribution is -2.65. The number of phenolic OH excluding ortho intramolecular Hbond substituents is 3. The molecule has 3 unspecified atom stereocenters. The summed E-state index contributed by atoms with van der Waals surface area (Å²) in [5, 5.41) is 138. The van der Waals surface area contributed by atoms with E-state index >= 15 is 14.4 Å². The van der Waals surface area contributed by atoms with Crippen LogP contribution in [-0.4, -0.2) is 218 Å². The van der Waals surface area contributed by atoms with Crippen molar-refractivity contribution in [3.05, 3.63) is 169 Å². The monoisotopic (exact) mass is 1790 g/mol. The normalized spacial score (nSPS) is 26.2. The van der Waals surface area contributed by atoms with Crippen LogP contribution >= 0.6 is 35.0 Å². The van der Waals surface area contributed by atoms with Crippen LogP contribution in [0.5, 0.6) is 46.0 Å². The van der Waals surface area contributed by atoms with Crippen LogP contribution in [0, 0.1) is 5.92 Å². The molecule has 7 aromatic rings. The van der Waals surface area contributed by atoms with Crippen molar-refractivity contribution in [2.45, 2.75) is 173 Å². The highest BCUT2D eigenvalue weighted by molar-refractivity contribution is 8.00. The van der Waals surface area contributed by atoms with Crippen molar-refractivity contribution in [2.24, 2.45) is 11.7 Å². The van der Waals surface area contributed by atoms with Crippen LogP contribution in [0.2, 0.25) is 10.0 Å². The van der Waals surface area contributed by atoms with Gasteiger partial charge in [0.1, 0.15) is 95.3 Å². The number of primary amides is 1. The number of halogens is 5. The average Bonchev–Trinajstić information content (AvgIpc) is 0.764. The summed E-state index contributed by atoms with van der Waals surface area (Å²) in [5.74, 6) is -17.9. The van der Waals surface area contributed by atoms with E-state index in [1.54, 1.807) is 20.8 Å². The molecule has 18 atom stereocenters. The van der Waals surface area contributed by atoms with Crippen LogP contribution in [0.25, 0.3) is 11.1 Å². The number of aliphatic carboxylic acids is 1. The van der Waals surface area contributed by atoms with Crippen LogP contribution in [-0.2, 0) is 59.1 Å². The summed E-state index contributed by atoms with van der Waals surface area (Å²) >= 11 is 13.8. The number of rotatable bonds is 20. The zero-order valence-electron chi connectivity index (χ0n) is 65.9. The second-order valence-electron chi connectivity index (χ2n) is 30.4. The molecule has 38 nitrogen and oxygen atoms in total. The van der Waals surface area contributed by atoms with Crippen LogP contribution < -0.4 is 73.5 Å². The van der Waals surface area contributed by atoms with Gasteiger partial charge in [-0.3, -0.25) is 42.9 Å². The molecule has 2 fully saturated rings. The molecule has 0 spiro atoms. The highest BCUT2D eigenvalue weighted by Crippen LogP contribution is 2.50. The Labute approximate surface area is 715 Å². The first-order chi connectivity index (χ1) is 58.6. The SMILES string of the molecule is CN[C@H](CC(C)C)C(=O)N[C@H]1C(=O)N[C@@H](CC(N)=O)C(=O)NC2C(=O)NC3C(=O)N[C@H](C(=O)N[C@@H](C(=O)O)c4cc(O)cc(O)c4-c4cc3ccc4O)[C@H](O)c3ccc(c(Cl)c3)Oc3cc2cc(c3OC2O[C@H](CO)[C@@H](O)[C@H](O)[C@H]2O[C@H]2C[C@](C)(NCCn3ccc(NC(=O)c4cccc(SC(F)(F)F)c4)nc3=O)[C@H](O)[C@H](C)O2)Oc2ccc(cc2Cl)[C@H]1O. The lowest BCUT2D eigenvalue weighted by atomic mass is 9.85. The molecule has 8 heterocycles. The molecule has 124 heavy (non-hydrogen) atoms. The summed E-state index contributed by atoms with van der Waals surface area (Å²) in [4.78, 5) is 148. The minimum Gasteiger partial charge on any atom is -0.508 e. The molecule has 7 aliphatic heterocycles. The standard InChI is InChI=1S/C80H85Cl2F3N12O26S/c1-31(2)19-44(87-5)70(109)95-60-62(103)34-10-13-48(42(81)22-34)119-50-24-37-25-51(66(50)123-77-67(65(106)64(105)52(30-98)121-77)122-55-29-79(4,68(107)32(3)118-55)88-16-18-97-17-15-54(91-78(97)117)90-69(108)36-7-6-8-39(20-36)124-80(83,84)85)120-49-14-11-35(23-43(49)82)63(104)61-75(114)94-59(76(115)116)41-26-38(99)27-47(101)56(41)40-21-33(9-12-46(40)100)57(72(111)96-61)93-73(112)58(37)92-71(110)45(28-53(86)102)89-74(60)113/h6-15,17,20-27,31-32,44-45,52,55,57-65,67-68,77,87-88,98-101,103-107H,16,18-19,28-30H2,1-5H3,(H2,86,102)(H,89,113)(H,92,110)(H,93,112)(H,94,114)(H,95,109)(H,96,111)(H,115,116)(H,90,91,108,117)/t32-,44+,45-,52+,55-,57?,58?,59+,60+,61-,62+,63+,64+,65-,67+,68+,77?,79-/m0/s1. The third kappa shape index (κ3) is 20.6. The Balaban J connectivity index is 0.985. The first-order valence-corrected chi connectivity index (χ1v) is 39.8. The lowest BCUT2D eigenvalue weighted by Gasteiger charge is -2.48. The van der Waals surface area contributed by atoms with Crippen molar-refractivity contribution in [3.63, 3.8) is 0 Å². The van der Waals surface area contributed by atoms with Crippen molar-refractivity contribution in [1.82, 2.24) is 52.1 Å². The topological polar surface area (TPSA) is 580 Å². The van der Waals surface area contributed by atoms with Crippen LogP contribution in [0.3, 0.4) is 0 Å². The van der Waals surface area contributed by atoms with E-state index in [0.717, 1.165) is 89.5 Å². The highest BCUT2D eigenvalue weighted by Gasteiger charge is 2.52. The number of nitrogens with two attached hydrogens (primary N) is 1. The molecule has 44 heteroatoms. The second kappa shape index (κ2) is 37.9. The number of fused-ring (bicyclic) bond motifs is 15. The summed E-state index contributed by atoms with van der Waals surface area (Å²) in [7, 11) is 1.45. The number of likely N-dealkylation sites (N-methyl/N-ethyl adjacent to an activating group) is 1. The number of nitrogens with one attached hydrogen (secondary N) is 9. The molecule has 0 aliphatic carbocycles. The number of carbonyl (C=O) groups excluding carboxylic acids is 8. The number of aromatic nitrogens is 2. The molecule has 21 N–H and O–H groups in total. The number of carbonyl (C=O) groups is 9. The first-order valence-electron chi connectivity index (χ1n) is 38.3. The van der Waals surface area contributed by atoms with E-state index in [0.29, 0.717) is 0 Å². The van der Waals surface area contributed by atoms with Gasteiger partial charge in [-0.25, -0.2) is 9.59 Å². The minimum absolute atomic E-state index is 0.119. The molecular weight excluding hydrogens is 1700 g/mol. The summed E-state index contributed by atoms with van der Waals surface area (Å²) in [5.41, 5.74) is -4.52. The number of thioether (sulfide) groups is 1. The maximum atomic E-state index is 16.2. The summed E-state index contributed by atoms with van der Waals surface area (Å²) in [6.07, 6.45) is -18.7. The fraction of sp³-hybridized carbons (Fsp3) is 0.388. The van der Waals surface area contributed by atoms with Gasteiger partial charge in [0.2, 0.25) is 53.4 Å². The number of nitrogens with zero attached hydrogens (tertiary/aromatic N) is 2. The number of anilines is 1. The Morgan fingerprint density at radius 3 is 2.01 bits per heavy atom. The number of phenols is 3. The number of aromatic hydroxyl groups is 3. The Kier molecular flexibility index (Phi) is 28.0. The maximum absolute atomic E-state index is 16.2. The van der Waals surface area contributed by atoms with Gasteiger partial charge in [-0.15, -0.1) is 0 Å². The number of hydrogen-bond donors (Lipinski definition) is 20. The molecule has 0 saturated carbocycles. The van der Waals surface area contributed by atoms with E-state index in [2.05, 4.69) is 52.8 Å². The van der Waals surface area contributed by atoms with Gasteiger partial charge in [0.05, 0.1) is 41.3 Å². The van der Waals surface area contributed by atoms with Crippen molar-refractivity contribution in [3.8, 4) is 57.1 Å². The van der Waals surface area contributed by atoms with Crippen molar-refractivity contribution < 1.29 is 136 Å². The van der Waals surface area contributed by atoms with Crippen molar-refractivity contribution >= 4 is 94.0 Å². The molecular formula is C80H85Cl2F3N12O26S. The number of hydrogen-bond acceptors (Lipinski definition) is 29. The van der Waals surface area contributed by atoms with Crippen LogP contribution in [0.1, 0.15) is 115 Å². The first kappa shape index (κ1) is 91.7. The zero-order chi connectivity index (χ0) is 90.0. The molecule has 662 valence electrons. The molecule has 8 amide bonds. The summed E-state index contributed by atoms with van der Waals surface area (Å²) in [6.45, 7) is 5.26. The Morgan fingerprint density at radius 1 is 0.742 bits per heavy atom. The number of amides is 8. The van der Waals surface area contributed by atoms with Gasteiger partial charge >= 0.3 is 17.2 Å². The van der Waals surface area contributed by atoms with Crippen molar-refractivity contribution in [1.29, 1.82) is 0 Å². The fourth-order valence-electron chi connectivity index (χ4n) is 14.8. The molecule has 2 saturated heterocycles. The smallest absolute Gasteiger partial charge is 0.446 e. The third-order valence-electron chi connectivity index (χ3n) is 21.1. The van der Waals surface area contributed by atoms with E-state index < -0.39 is 282 Å². The Morgan fingerprint density at radius 2 is 1.39 bits per heavy atom. The molecule has 14 rings (SSSR count). The Bertz CT molecular complexity index is 5370. The highest BCUT2D eigenvalue weighted by atomic mass is 35.5. The van der Waals surface area contributed by atoms with Gasteiger partial charge in [0.15, 0.2) is 29.9 Å². The number of alkyl halides is 3. The fourth-order valence-corrected chi connectivity index (χ4v) is 15.8. The Hall–Kier alpha value is -11.5. The molecule has 1 aromatic heterocycles. The number of aliphatic hydroxyl groups is 6. The molecule has 11 bridgehead atoms. The summed E-state index contributed by atoms with van der Waals surface area (Å²) < 4.78 is 79.7. The second-order valence-corrected chi connectivity index (χ2v) is 32.3. The molecule has 7 aliphatic rings. The number of benzene rings is 6. The van der Waals surface area contributed by atoms with E-state index in [-0.39, 0.29) is 59.3 Å². The van der Waals surface area contributed by atoms with E-state index in [1.165, 1.54) is 44.4 Å². The van der Waals surface area contributed by atoms with Gasteiger partial charge in [0, 0.05) is 64.5 Å². The minimum atomic E-state index is -4.64. The van der Waals surface area contributed by atoms with Gasteiger partial charge in [-0.1, -0.05) is 61.3 Å². The maximum Gasteiger partial charge on any atom is 0.446 e. The number of carboxylic acids is 1. The number of ether oxygens (including phenoxy) is 6. The van der Waals surface area contributed by atoms with Gasteiger partial charge < -0.3 is 133 Å². The summed E-state index contributed by atoms with van der Waals surface area (Å²) in [6, 6.07) is 4.46. The average molecular weight is 1790 g/mol. The molecule has 6 aromatic carbocycles. The van der Waals surface area contributed by atoms with Crippen LogP contribution in [0.15, 0.2) is 125 Å². The quantitative estimate of drug-likeness (QED) is 0.0488. The van der Waals surface area contributed by atoms with E-state index in [9.17, 15) is 97.8 Å². The van der Waals surface area contributed by atoms with E-state index in [1.807, 2.05) is 0 Å². The van der Waals surface area contributed by atoms with Crippen molar-refractivity contribution in [2.75, 3.05) is 25.5 Å². The third-order valence-corrected chi connectivity index (χ3v) is 22.4. The zero-order valence-corrected chi connectivity index (χ0v) is 68.2. The van der Waals surface area contributed by atoms with Crippen LogP contribution in [0.4, 0.5) is 19.0 Å². The number of carboxylic acid groups (broad SMARTS) is 1. The van der Waals surface area contributed by atoms with Gasteiger partial charge in [-0.2, -0.15) is 18.2 Å². The van der Waals surface area contributed by atoms with Gasteiger partial charge in [-0.05, 0) is 146 Å². The lowest BCUT2D eigenvalue weighted by molar-refractivity contribution is -0.334. The van der Waals surface area contributed by atoms with E-state index in [4.69, 9.17) is 57.4 Å². The largest absolute Gasteiger partial charge is 0.508 e. The van der Waals surface area contributed by atoms with Gasteiger partial charge in [0.25, 0.3) is 5.91 Å². The predicted molar refractivity (Wildman–Crippen MR) is 428 cm³/mol. The molecule has 0 radical (unpaired) electrons.